The number of urea groups is 1. The standard InChI is InChI=1S/C35H50FN5O7/c1-18(2)25(32(46)48-17-20-11-13-21(36)14-12-20)39-33(47)40-28(34(3,4)5)31(45)41-16-22-24(35(22,6)7)26(41)29(43)38-23(15-19-9-10-19)27(42)30(44)37-8/h11-14,18-19,22-26,28H,9-10,15-17H2,1-8H3,(H,37,44)(H,38,43)(H2,39,40,47)/t22-,23?,24-,25-,26-,28+/m0/s1. The molecule has 4 rings (SSSR count). The maximum Gasteiger partial charge on any atom is 0.329 e. The van der Waals surface area contributed by atoms with E-state index in [1.807, 2.05) is 13.8 Å². The van der Waals surface area contributed by atoms with E-state index in [4.69, 9.17) is 4.74 Å². The lowest BCUT2D eigenvalue weighted by molar-refractivity contribution is -0.148. The van der Waals surface area contributed by atoms with Crippen molar-refractivity contribution in [3.8, 4) is 0 Å². The van der Waals surface area contributed by atoms with Crippen LogP contribution in [0.3, 0.4) is 0 Å². The average molecular weight is 672 g/mol. The Morgan fingerprint density at radius 2 is 1.62 bits per heavy atom. The third-order valence-electron chi connectivity index (χ3n) is 10.00. The Kier molecular flexibility index (Phi) is 10.9. The number of ether oxygens (including phenoxy) is 1. The van der Waals surface area contributed by atoms with Crippen molar-refractivity contribution < 1.29 is 37.9 Å². The largest absolute Gasteiger partial charge is 0.459 e. The molecule has 1 aromatic rings. The number of ketones is 1. The van der Waals surface area contributed by atoms with Gasteiger partial charge in [-0.15, -0.1) is 0 Å². The van der Waals surface area contributed by atoms with Crippen molar-refractivity contribution in [2.75, 3.05) is 13.6 Å². The molecule has 4 N–H and O–H groups in total. The van der Waals surface area contributed by atoms with Crippen molar-refractivity contribution in [1.82, 2.24) is 26.2 Å². The van der Waals surface area contributed by atoms with Crippen LogP contribution < -0.4 is 21.3 Å². The molecule has 1 aromatic carbocycles. The summed E-state index contributed by atoms with van der Waals surface area (Å²) in [6, 6.07) is 0.743. The SMILES string of the molecule is CNC(=O)C(=O)C(CC1CC1)NC(=O)[C@@H]1[C@@H]2[C@H](CN1C(=O)[C@@H](NC(=O)N[C@H](C(=O)OCc1ccc(F)cc1)C(C)C)C(C)(C)C)C2(C)C. The molecule has 1 aliphatic heterocycles. The van der Waals surface area contributed by atoms with Crippen LogP contribution in [0.15, 0.2) is 24.3 Å². The first-order valence-electron chi connectivity index (χ1n) is 16.7. The number of hydrogen-bond acceptors (Lipinski definition) is 7. The molecule has 48 heavy (non-hydrogen) atoms. The first kappa shape index (κ1) is 36.8. The van der Waals surface area contributed by atoms with E-state index in [1.165, 1.54) is 36.2 Å². The molecule has 1 saturated heterocycles. The maximum absolute atomic E-state index is 14.3. The Hall–Kier alpha value is -4.03. The lowest BCUT2D eigenvalue weighted by Gasteiger charge is -2.38. The highest BCUT2D eigenvalue weighted by Crippen LogP contribution is 2.65. The van der Waals surface area contributed by atoms with Gasteiger partial charge in [0.05, 0.1) is 6.04 Å². The molecule has 264 valence electrons. The number of piperidine rings is 1. The van der Waals surface area contributed by atoms with Gasteiger partial charge in [0.1, 0.15) is 30.5 Å². The van der Waals surface area contributed by atoms with Crippen molar-refractivity contribution >= 4 is 35.5 Å². The summed E-state index contributed by atoms with van der Waals surface area (Å²) in [5.74, 6) is -3.79. The Morgan fingerprint density at radius 3 is 2.17 bits per heavy atom. The van der Waals surface area contributed by atoms with E-state index >= 15 is 0 Å². The summed E-state index contributed by atoms with van der Waals surface area (Å²) in [5, 5.41) is 10.5. The number of carbonyl (C=O) groups is 6. The minimum absolute atomic E-state index is 0.0457. The highest BCUT2D eigenvalue weighted by Gasteiger charge is 2.70. The van der Waals surface area contributed by atoms with Crippen LogP contribution in [0.4, 0.5) is 9.18 Å². The van der Waals surface area contributed by atoms with Crippen molar-refractivity contribution in [2.45, 2.75) is 98.5 Å². The highest BCUT2D eigenvalue weighted by molar-refractivity contribution is 6.38. The molecule has 3 fully saturated rings. The van der Waals surface area contributed by atoms with Crippen LogP contribution in [0, 0.1) is 40.3 Å². The summed E-state index contributed by atoms with van der Waals surface area (Å²) in [5.41, 5.74) is -0.425. The third kappa shape index (κ3) is 8.33. The van der Waals surface area contributed by atoms with Crippen LogP contribution >= 0.6 is 0 Å². The number of Topliss-reactive ketones (excluding diaryl/α,β-unsaturated/α-hetero) is 1. The van der Waals surface area contributed by atoms with Gasteiger partial charge in [0.25, 0.3) is 5.91 Å². The molecule has 2 aliphatic carbocycles. The molecule has 1 heterocycles. The van der Waals surface area contributed by atoms with E-state index in [2.05, 4.69) is 21.3 Å². The number of likely N-dealkylation sites (tertiary alicyclic amines) is 1. The number of carbonyl (C=O) groups excluding carboxylic acids is 6. The summed E-state index contributed by atoms with van der Waals surface area (Å²) in [6.45, 7) is 13.1. The first-order valence-corrected chi connectivity index (χ1v) is 16.7. The van der Waals surface area contributed by atoms with Gasteiger partial charge >= 0.3 is 12.0 Å². The summed E-state index contributed by atoms with van der Waals surface area (Å²) in [6.07, 6.45) is 2.19. The van der Waals surface area contributed by atoms with Crippen molar-refractivity contribution in [1.29, 1.82) is 0 Å². The number of likely N-dealkylation sites (N-methyl/N-ethyl adjacent to an activating group) is 1. The minimum Gasteiger partial charge on any atom is -0.459 e. The van der Waals surface area contributed by atoms with Gasteiger partial charge in [-0.05, 0) is 58.6 Å². The Morgan fingerprint density at radius 1 is 1.00 bits per heavy atom. The van der Waals surface area contributed by atoms with E-state index in [1.54, 1.807) is 34.6 Å². The third-order valence-corrected chi connectivity index (χ3v) is 10.00. The number of nitrogens with one attached hydrogen (secondary N) is 4. The normalized spacial score (nSPS) is 22.9. The molecule has 1 unspecified atom stereocenters. The monoisotopic (exact) mass is 671 g/mol. The molecule has 12 nitrogen and oxygen atoms in total. The number of fused-ring (bicyclic) bond motifs is 1. The van der Waals surface area contributed by atoms with Crippen LogP contribution in [0.1, 0.15) is 73.3 Å². The zero-order chi connectivity index (χ0) is 35.7. The summed E-state index contributed by atoms with van der Waals surface area (Å²) in [7, 11) is 1.36. The molecule has 2 saturated carbocycles. The fourth-order valence-corrected chi connectivity index (χ4v) is 6.72. The second kappa shape index (κ2) is 14.2. The second-order valence-corrected chi connectivity index (χ2v) is 15.4. The first-order chi connectivity index (χ1) is 22.4. The average Bonchev–Trinajstić information content (AvgIpc) is 3.87. The Balaban J connectivity index is 1.48. The van der Waals surface area contributed by atoms with Crippen LogP contribution in [-0.4, -0.2) is 78.2 Å². The van der Waals surface area contributed by atoms with Crippen molar-refractivity contribution in [2.24, 2.45) is 34.5 Å². The predicted octanol–water partition coefficient (Wildman–Crippen LogP) is 2.69. The number of hydrogen-bond donors (Lipinski definition) is 4. The molecule has 13 heteroatoms. The van der Waals surface area contributed by atoms with E-state index in [0.29, 0.717) is 18.5 Å². The zero-order valence-corrected chi connectivity index (χ0v) is 29.1. The molecule has 3 aliphatic rings. The van der Waals surface area contributed by atoms with Crippen molar-refractivity contribution in [3.63, 3.8) is 0 Å². The number of amides is 5. The number of nitrogens with zero attached hydrogens (tertiary/aromatic N) is 1. The van der Waals surface area contributed by atoms with E-state index in [9.17, 15) is 33.2 Å². The molecule has 0 spiro atoms. The number of benzene rings is 1. The maximum atomic E-state index is 14.3. The van der Waals surface area contributed by atoms with E-state index < -0.39 is 70.9 Å². The van der Waals surface area contributed by atoms with Gasteiger partial charge in [-0.2, -0.15) is 0 Å². The highest BCUT2D eigenvalue weighted by atomic mass is 19.1. The fraction of sp³-hybridized carbons (Fsp3) is 0.657. The van der Waals surface area contributed by atoms with Gasteiger partial charge in [0.15, 0.2) is 0 Å². The number of rotatable bonds is 13. The second-order valence-electron chi connectivity index (χ2n) is 15.4. The van der Waals surface area contributed by atoms with Crippen molar-refractivity contribution in [3.05, 3.63) is 35.6 Å². The molecule has 6 atom stereocenters. The molecule has 5 amide bonds. The van der Waals surface area contributed by atoms with Crippen LogP contribution in [0.25, 0.3) is 0 Å². The van der Waals surface area contributed by atoms with Gasteiger partial charge in [-0.3, -0.25) is 19.2 Å². The molecular weight excluding hydrogens is 621 g/mol. The van der Waals surface area contributed by atoms with Crippen LogP contribution in [-0.2, 0) is 35.3 Å². The Labute approximate surface area is 281 Å². The van der Waals surface area contributed by atoms with Gasteiger partial charge in [0.2, 0.25) is 17.6 Å². The van der Waals surface area contributed by atoms with E-state index in [-0.39, 0.29) is 35.7 Å². The quantitative estimate of drug-likeness (QED) is 0.185. The van der Waals surface area contributed by atoms with Crippen LogP contribution in [0.5, 0.6) is 0 Å². The van der Waals surface area contributed by atoms with Gasteiger partial charge in [0, 0.05) is 13.6 Å². The molecule has 0 aromatic heterocycles. The van der Waals surface area contributed by atoms with Gasteiger partial charge in [-0.25, -0.2) is 14.0 Å². The van der Waals surface area contributed by atoms with Gasteiger partial charge < -0.3 is 30.9 Å². The zero-order valence-electron chi connectivity index (χ0n) is 29.1. The summed E-state index contributed by atoms with van der Waals surface area (Å²) < 4.78 is 18.6. The smallest absolute Gasteiger partial charge is 0.329 e. The summed E-state index contributed by atoms with van der Waals surface area (Å²) >= 11 is 0. The lowest BCUT2D eigenvalue weighted by Crippen LogP contribution is -2.62. The topological polar surface area (TPSA) is 163 Å². The fourth-order valence-electron chi connectivity index (χ4n) is 6.72. The molecular formula is C35H50FN5O7. The lowest BCUT2D eigenvalue weighted by atomic mass is 9.85. The van der Waals surface area contributed by atoms with Crippen LogP contribution in [0.2, 0.25) is 0 Å². The molecule has 0 bridgehead atoms. The minimum atomic E-state index is -1.08. The Bertz CT molecular complexity index is 1420. The molecule has 0 radical (unpaired) electrons. The van der Waals surface area contributed by atoms with Gasteiger partial charge in [-0.1, -0.05) is 73.4 Å². The predicted molar refractivity (Wildman–Crippen MR) is 174 cm³/mol. The number of esters is 1. The van der Waals surface area contributed by atoms with E-state index in [0.717, 1.165) is 12.8 Å². The summed E-state index contributed by atoms with van der Waals surface area (Å²) in [4.78, 5) is 81.1. The number of halogens is 1.